The van der Waals surface area contributed by atoms with Crippen molar-refractivity contribution in [3.8, 4) is 17.6 Å². The first kappa shape index (κ1) is 33.5. The summed E-state index contributed by atoms with van der Waals surface area (Å²) in [6.07, 6.45) is 18.5. The summed E-state index contributed by atoms with van der Waals surface area (Å²) in [4.78, 5) is 12.6. The molecule has 3 rings (SSSR count). The number of benzene rings is 3. The molecule has 0 N–H and O–H groups in total. The fourth-order valence-corrected chi connectivity index (χ4v) is 4.75. The van der Waals surface area contributed by atoms with E-state index in [1.165, 1.54) is 113 Å². The quantitative estimate of drug-likeness (QED) is 0.0571. The summed E-state index contributed by atoms with van der Waals surface area (Å²) in [5, 5.41) is 17.5. The minimum Gasteiger partial charge on any atom is -0.494 e. The predicted molar refractivity (Wildman–Crippen MR) is 169 cm³/mol. The molecule has 43 heavy (non-hydrogen) atoms. The molecule has 0 fully saturated rings. The van der Waals surface area contributed by atoms with E-state index in [1.807, 2.05) is 6.07 Å². The molecule has 0 aliphatic carbocycles. The van der Waals surface area contributed by atoms with Crippen molar-refractivity contribution in [3.05, 3.63) is 83.7 Å². The van der Waals surface area contributed by atoms with Crippen LogP contribution in [-0.2, 0) is 0 Å². The molecule has 0 heterocycles. The van der Waals surface area contributed by atoms with Crippen molar-refractivity contribution < 1.29 is 18.7 Å². The minimum atomic E-state index is -0.545. The van der Waals surface area contributed by atoms with E-state index in [0.717, 1.165) is 12.8 Å². The van der Waals surface area contributed by atoms with Gasteiger partial charge in [0.2, 0.25) is 0 Å². The van der Waals surface area contributed by atoms with Crippen molar-refractivity contribution in [2.45, 2.75) is 96.8 Å². The van der Waals surface area contributed by atoms with Gasteiger partial charge in [0.25, 0.3) is 0 Å². The lowest BCUT2D eigenvalue weighted by atomic mass is 10.0. The van der Waals surface area contributed by atoms with Gasteiger partial charge in [0, 0.05) is 12.1 Å². The van der Waals surface area contributed by atoms with Crippen LogP contribution >= 0.6 is 0 Å². The van der Waals surface area contributed by atoms with E-state index in [2.05, 4.69) is 17.2 Å². The van der Waals surface area contributed by atoms with Crippen molar-refractivity contribution in [3.63, 3.8) is 0 Å². The van der Waals surface area contributed by atoms with Crippen LogP contribution in [0.15, 0.2) is 77.0 Å². The predicted octanol–water partition coefficient (Wildman–Crippen LogP) is 11.2. The first-order valence-corrected chi connectivity index (χ1v) is 15.8. The zero-order valence-electron chi connectivity index (χ0n) is 25.4. The molecule has 0 radical (unpaired) electrons. The standard InChI is InChI=1S/C36H44FN3O3/c1-2-3-4-5-6-7-8-9-10-11-12-13-14-15-25-42-33-21-19-29(20-22-33)36(41)43-34-23-24-35(30(26-34)28-38)40-39-32-18-16-17-31(37)27-32/h16-24,26-27H,2-15,25H2,1H3. The van der Waals surface area contributed by atoms with E-state index in [-0.39, 0.29) is 17.0 Å². The Balaban J connectivity index is 1.30. The lowest BCUT2D eigenvalue weighted by Gasteiger charge is -2.08. The summed E-state index contributed by atoms with van der Waals surface area (Å²) >= 11 is 0. The van der Waals surface area contributed by atoms with Crippen molar-refractivity contribution >= 4 is 17.3 Å². The van der Waals surface area contributed by atoms with Crippen LogP contribution in [0.5, 0.6) is 11.5 Å². The number of carbonyl (C=O) groups excluding carboxylic acids is 1. The third kappa shape index (κ3) is 13.2. The zero-order valence-corrected chi connectivity index (χ0v) is 25.4. The Labute approximate surface area is 256 Å². The van der Waals surface area contributed by atoms with Crippen LogP contribution in [0.25, 0.3) is 0 Å². The highest BCUT2D eigenvalue weighted by atomic mass is 19.1. The highest BCUT2D eigenvalue weighted by Gasteiger charge is 2.11. The second kappa shape index (κ2) is 20.0. The lowest BCUT2D eigenvalue weighted by molar-refractivity contribution is 0.0734. The number of hydrogen-bond acceptors (Lipinski definition) is 6. The lowest BCUT2D eigenvalue weighted by Crippen LogP contribution is -2.08. The molecule has 0 aliphatic heterocycles. The molecule has 7 heteroatoms. The maximum Gasteiger partial charge on any atom is 0.343 e. The zero-order chi connectivity index (χ0) is 30.5. The van der Waals surface area contributed by atoms with Crippen molar-refractivity contribution in [1.82, 2.24) is 0 Å². The Morgan fingerprint density at radius 1 is 0.744 bits per heavy atom. The van der Waals surface area contributed by atoms with E-state index in [1.54, 1.807) is 30.3 Å². The van der Waals surface area contributed by atoms with E-state index in [4.69, 9.17) is 9.47 Å². The summed E-state index contributed by atoms with van der Waals surface area (Å²) in [5.74, 6) is -0.0456. The summed E-state index contributed by atoms with van der Waals surface area (Å²) in [6, 6.07) is 19.0. The van der Waals surface area contributed by atoms with Gasteiger partial charge < -0.3 is 9.47 Å². The maximum atomic E-state index is 13.3. The smallest absolute Gasteiger partial charge is 0.343 e. The number of ether oxygens (including phenoxy) is 2. The molecule has 0 unspecified atom stereocenters. The normalized spacial score (nSPS) is 11.0. The van der Waals surface area contributed by atoms with Gasteiger partial charge in [-0.2, -0.15) is 10.4 Å². The van der Waals surface area contributed by atoms with Crippen LogP contribution in [0, 0.1) is 17.1 Å². The molecular formula is C36H44FN3O3. The number of nitriles is 1. The molecule has 0 aromatic heterocycles. The van der Waals surface area contributed by atoms with E-state index >= 15 is 0 Å². The second-order valence-corrected chi connectivity index (χ2v) is 10.8. The van der Waals surface area contributed by atoms with Crippen LogP contribution in [0.4, 0.5) is 15.8 Å². The fourth-order valence-electron chi connectivity index (χ4n) is 4.75. The fraction of sp³-hybridized carbons (Fsp3) is 0.444. The Morgan fingerprint density at radius 2 is 1.35 bits per heavy atom. The number of carbonyl (C=O) groups is 1. The Kier molecular flexibility index (Phi) is 15.5. The minimum absolute atomic E-state index is 0.178. The molecule has 0 saturated heterocycles. The molecule has 6 nitrogen and oxygen atoms in total. The van der Waals surface area contributed by atoms with Gasteiger partial charge in [-0.05, 0) is 55.0 Å². The third-order valence-corrected chi connectivity index (χ3v) is 7.24. The van der Waals surface area contributed by atoms with Crippen molar-refractivity contribution in [2.24, 2.45) is 10.2 Å². The number of esters is 1. The second-order valence-electron chi connectivity index (χ2n) is 10.8. The van der Waals surface area contributed by atoms with Crippen LogP contribution < -0.4 is 9.47 Å². The van der Waals surface area contributed by atoms with Crippen molar-refractivity contribution in [2.75, 3.05) is 6.61 Å². The summed E-state index contributed by atoms with van der Waals surface area (Å²) in [6.45, 7) is 2.92. The van der Waals surface area contributed by atoms with Crippen LogP contribution in [0.3, 0.4) is 0 Å². The van der Waals surface area contributed by atoms with Gasteiger partial charge in [-0.25, -0.2) is 9.18 Å². The molecule has 0 amide bonds. The molecule has 0 spiro atoms. The summed E-state index contributed by atoms with van der Waals surface area (Å²) in [5.41, 5.74) is 1.16. The van der Waals surface area contributed by atoms with Crippen molar-refractivity contribution in [1.29, 1.82) is 5.26 Å². The highest BCUT2D eigenvalue weighted by Crippen LogP contribution is 2.27. The van der Waals surface area contributed by atoms with Gasteiger partial charge in [0.1, 0.15) is 29.1 Å². The van der Waals surface area contributed by atoms with Gasteiger partial charge in [-0.3, -0.25) is 0 Å². The number of rotatable bonds is 20. The molecule has 0 aliphatic rings. The van der Waals surface area contributed by atoms with E-state index in [0.29, 0.717) is 23.6 Å². The molecule has 3 aromatic carbocycles. The van der Waals surface area contributed by atoms with Gasteiger partial charge in [0.05, 0.1) is 23.4 Å². The molecule has 0 atom stereocenters. The van der Waals surface area contributed by atoms with Crippen LogP contribution in [0.1, 0.15) is 113 Å². The monoisotopic (exact) mass is 585 g/mol. The summed E-state index contributed by atoms with van der Waals surface area (Å²) in [7, 11) is 0. The largest absolute Gasteiger partial charge is 0.494 e. The Hall–Kier alpha value is -4.05. The van der Waals surface area contributed by atoms with Gasteiger partial charge >= 0.3 is 5.97 Å². The topological polar surface area (TPSA) is 84.0 Å². The van der Waals surface area contributed by atoms with Crippen LogP contribution in [0.2, 0.25) is 0 Å². The van der Waals surface area contributed by atoms with E-state index in [9.17, 15) is 14.4 Å². The number of hydrogen-bond donors (Lipinski definition) is 0. The molecule has 3 aromatic rings. The molecule has 0 bridgehead atoms. The van der Waals surface area contributed by atoms with Gasteiger partial charge in [-0.1, -0.05) is 96.5 Å². The average Bonchev–Trinajstić information content (AvgIpc) is 3.02. The molecular weight excluding hydrogens is 541 g/mol. The highest BCUT2D eigenvalue weighted by molar-refractivity contribution is 5.91. The summed E-state index contributed by atoms with van der Waals surface area (Å²) < 4.78 is 24.6. The Morgan fingerprint density at radius 3 is 1.95 bits per heavy atom. The SMILES string of the molecule is CCCCCCCCCCCCCCCCOc1ccc(C(=O)Oc2ccc(N=Nc3cccc(F)c3)c(C#N)c2)cc1. The number of unbranched alkanes of at least 4 members (excludes halogenated alkanes) is 13. The Bertz CT molecular complexity index is 1320. The third-order valence-electron chi connectivity index (χ3n) is 7.24. The number of halogens is 1. The first-order valence-electron chi connectivity index (χ1n) is 15.8. The molecule has 0 saturated carbocycles. The van der Waals surface area contributed by atoms with Gasteiger partial charge in [-0.15, -0.1) is 5.11 Å². The molecule has 228 valence electrons. The first-order chi connectivity index (χ1) is 21.1. The maximum absolute atomic E-state index is 13.3. The number of azo groups is 1. The van der Waals surface area contributed by atoms with E-state index < -0.39 is 11.8 Å². The van der Waals surface area contributed by atoms with Crippen LogP contribution in [-0.4, -0.2) is 12.6 Å². The number of nitrogens with zero attached hydrogens (tertiary/aromatic N) is 3. The average molecular weight is 586 g/mol. The van der Waals surface area contributed by atoms with Gasteiger partial charge in [0.15, 0.2) is 0 Å².